The molecule has 1 saturated heterocycles. The molecule has 0 bridgehead atoms. The van der Waals surface area contributed by atoms with Crippen molar-refractivity contribution in [3.8, 4) is 5.75 Å². The number of hydrogen-bond donors (Lipinski definition) is 0. The van der Waals surface area contributed by atoms with Crippen molar-refractivity contribution < 1.29 is 23.1 Å². The number of benzene rings is 2. The Kier molecular flexibility index (Phi) is 5.69. The van der Waals surface area contributed by atoms with E-state index in [1.54, 1.807) is 17.0 Å². The standard InChI is InChI=1S/C20H20F2N2O3/c1-14(25)15-2-6-17(7-3-15)23-10-12-24(13-11-23)19(26)16-4-8-18(9-5-16)27-20(21)22/h2-9,20H,10-13H2,1H3. The Labute approximate surface area is 156 Å². The molecule has 2 aromatic rings. The summed E-state index contributed by atoms with van der Waals surface area (Å²) in [4.78, 5) is 27.8. The summed E-state index contributed by atoms with van der Waals surface area (Å²) in [6.07, 6.45) is 0. The number of ketones is 1. The van der Waals surface area contributed by atoms with Crippen LogP contribution in [0.15, 0.2) is 48.5 Å². The summed E-state index contributed by atoms with van der Waals surface area (Å²) in [5.74, 6) is -0.0764. The summed E-state index contributed by atoms with van der Waals surface area (Å²) in [6.45, 7) is 1.12. The highest BCUT2D eigenvalue weighted by Gasteiger charge is 2.22. The number of nitrogens with zero attached hydrogens (tertiary/aromatic N) is 2. The molecule has 5 nitrogen and oxygen atoms in total. The highest BCUT2D eigenvalue weighted by atomic mass is 19.3. The van der Waals surface area contributed by atoms with Gasteiger partial charge in [-0.15, -0.1) is 0 Å². The Morgan fingerprint density at radius 2 is 1.44 bits per heavy atom. The molecular weight excluding hydrogens is 354 g/mol. The summed E-state index contributed by atoms with van der Waals surface area (Å²) in [6, 6.07) is 13.2. The monoisotopic (exact) mass is 374 g/mol. The number of ether oxygens (including phenoxy) is 1. The van der Waals surface area contributed by atoms with Crippen molar-refractivity contribution in [2.24, 2.45) is 0 Å². The van der Waals surface area contributed by atoms with E-state index in [0.717, 1.165) is 5.69 Å². The number of Topliss-reactive ketones (excluding diaryl/α,β-unsaturated/α-hetero) is 1. The van der Waals surface area contributed by atoms with Gasteiger partial charge in [0.2, 0.25) is 0 Å². The van der Waals surface area contributed by atoms with Crippen molar-refractivity contribution in [2.75, 3.05) is 31.1 Å². The third-order valence-electron chi connectivity index (χ3n) is 4.53. The van der Waals surface area contributed by atoms with Gasteiger partial charge >= 0.3 is 6.61 Å². The van der Waals surface area contributed by atoms with Crippen LogP contribution >= 0.6 is 0 Å². The number of hydrogen-bond acceptors (Lipinski definition) is 4. The molecule has 0 unspecified atom stereocenters. The highest BCUT2D eigenvalue weighted by Crippen LogP contribution is 2.20. The molecule has 0 saturated carbocycles. The topological polar surface area (TPSA) is 49.9 Å². The molecule has 0 aromatic heterocycles. The average Bonchev–Trinajstić information content (AvgIpc) is 2.68. The van der Waals surface area contributed by atoms with Crippen LogP contribution < -0.4 is 9.64 Å². The van der Waals surface area contributed by atoms with Crippen LogP contribution in [0.4, 0.5) is 14.5 Å². The lowest BCUT2D eigenvalue weighted by Gasteiger charge is -2.36. The Morgan fingerprint density at radius 3 is 1.96 bits per heavy atom. The predicted molar refractivity (Wildman–Crippen MR) is 97.6 cm³/mol. The second kappa shape index (κ2) is 8.16. The van der Waals surface area contributed by atoms with E-state index < -0.39 is 6.61 Å². The van der Waals surface area contributed by atoms with E-state index >= 15 is 0 Å². The van der Waals surface area contributed by atoms with Gasteiger partial charge in [0.1, 0.15) is 5.75 Å². The van der Waals surface area contributed by atoms with Crippen LogP contribution in [0.25, 0.3) is 0 Å². The molecule has 1 amide bonds. The first-order valence-electron chi connectivity index (χ1n) is 8.64. The number of carbonyl (C=O) groups is 2. The largest absolute Gasteiger partial charge is 0.435 e. The smallest absolute Gasteiger partial charge is 0.387 e. The third-order valence-corrected chi connectivity index (χ3v) is 4.53. The van der Waals surface area contributed by atoms with Crippen LogP contribution in [0.2, 0.25) is 0 Å². The van der Waals surface area contributed by atoms with Crippen molar-refractivity contribution in [3.63, 3.8) is 0 Å². The first kappa shape index (κ1) is 18.8. The molecule has 2 aromatic carbocycles. The first-order valence-corrected chi connectivity index (χ1v) is 8.64. The van der Waals surface area contributed by atoms with Crippen LogP contribution in [0.5, 0.6) is 5.75 Å². The van der Waals surface area contributed by atoms with E-state index in [0.29, 0.717) is 37.3 Å². The van der Waals surface area contributed by atoms with Crippen LogP contribution in [0.3, 0.4) is 0 Å². The lowest BCUT2D eigenvalue weighted by atomic mass is 10.1. The van der Waals surface area contributed by atoms with Gasteiger partial charge in [0.25, 0.3) is 5.91 Å². The molecule has 1 heterocycles. The van der Waals surface area contributed by atoms with Gasteiger partial charge in [-0.2, -0.15) is 8.78 Å². The zero-order valence-electron chi connectivity index (χ0n) is 14.9. The summed E-state index contributed by atoms with van der Waals surface area (Å²) in [7, 11) is 0. The second-order valence-electron chi connectivity index (χ2n) is 6.29. The van der Waals surface area contributed by atoms with Gasteiger partial charge in [0, 0.05) is 43.0 Å². The number of halogens is 2. The van der Waals surface area contributed by atoms with Crippen LogP contribution in [-0.2, 0) is 0 Å². The van der Waals surface area contributed by atoms with E-state index in [1.807, 2.05) is 12.1 Å². The van der Waals surface area contributed by atoms with Gasteiger partial charge in [-0.05, 0) is 55.5 Å². The predicted octanol–water partition coefficient (Wildman–Crippen LogP) is 3.45. The van der Waals surface area contributed by atoms with Crippen molar-refractivity contribution in [3.05, 3.63) is 59.7 Å². The number of rotatable bonds is 5. The molecule has 0 spiro atoms. The molecule has 1 aliphatic rings. The Balaban J connectivity index is 1.58. The molecule has 0 N–H and O–H groups in total. The Bertz CT molecular complexity index is 799. The van der Waals surface area contributed by atoms with Crippen molar-refractivity contribution in [2.45, 2.75) is 13.5 Å². The number of alkyl halides is 2. The van der Waals surface area contributed by atoms with Crippen LogP contribution in [0, 0.1) is 0 Å². The fourth-order valence-electron chi connectivity index (χ4n) is 3.04. The average molecular weight is 374 g/mol. The second-order valence-corrected chi connectivity index (χ2v) is 6.29. The van der Waals surface area contributed by atoms with Gasteiger partial charge in [0.15, 0.2) is 5.78 Å². The summed E-state index contributed by atoms with van der Waals surface area (Å²) in [5.41, 5.74) is 2.13. The number of carbonyl (C=O) groups excluding carboxylic acids is 2. The van der Waals surface area contributed by atoms with Crippen molar-refractivity contribution >= 4 is 17.4 Å². The number of piperazine rings is 1. The minimum Gasteiger partial charge on any atom is -0.435 e. The fourth-order valence-corrected chi connectivity index (χ4v) is 3.04. The molecule has 142 valence electrons. The zero-order valence-corrected chi connectivity index (χ0v) is 14.9. The number of amides is 1. The van der Waals surface area contributed by atoms with Gasteiger partial charge < -0.3 is 14.5 Å². The summed E-state index contributed by atoms with van der Waals surface area (Å²) < 4.78 is 28.7. The van der Waals surface area contributed by atoms with Gasteiger partial charge in [-0.3, -0.25) is 9.59 Å². The number of anilines is 1. The van der Waals surface area contributed by atoms with E-state index in [2.05, 4.69) is 9.64 Å². The maximum atomic E-state index is 12.6. The minimum atomic E-state index is -2.89. The molecule has 0 radical (unpaired) electrons. The third kappa shape index (κ3) is 4.61. The normalized spacial score (nSPS) is 14.4. The maximum Gasteiger partial charge on any atom is 0.387 e. The van der Waals surface area contributed by atoms with E-state index in [9.17, 15) is 18.4 Å². The Morgan fingerprint density at radius 1 is 0.889 bits per heavy atom. The lowest BCUT2D eigenvalue weighted by molar-refractivity contribution is -0.0498. The first-order chi connectivity index (χ1) is 12.9. The van der Waals surface area contributed by atoms with Crippen LogP contribution in [-0.4, -0.2) is 49.4 Å². The van der Waals surface area contributed by atoms with E-state index in [-0.39, 0.29) is 17.4 Å². The quantitative estimate of drug-likeness (QED) is 0.752. The molecule has 27 heavy (non-hydrogen) atoms. The highest BCUT2D eigenvalue weighted by molar-refractivity contribution is 5.95. The van der Waals surface area contributed by atoms with Gasteiger partial charge in [-0.1, -0.05) is 0 Å². The molecule has 7 heteroatoms. The molecule has 3 rings (SSSR count). The zero-order chi connectivity index (χ0) is 19.4. The maximum absolute atomic E-state index is 12.6. The van der Waals surface area contributed by atoms with Gasteiger partial charge in [0.05, 0.1) is 0 Å². The van der Waals surface area contributed by atoms with E-state index in [4.69, 9.17) is 0 Å². The van der Waals surface area contributed by atoms with E-state index in [1.165, 1.54) is 31.2 Å². The lowest BCUT2D eigenvalue weighted by Crippen LogP contribution is -2.48. The summed E-state index contributed by atoms with van der Waals surface area (Å²) >= 11 is 0. The molecule has 0 aliphatic carbocycles. The molecule has 0 atom stereocenters. The van der Waals surface area contributed by atoms with Crippen molar-refractivity contribution in [1.82, 2.24) is 4.90 Å². The SMILES string of the molecule is CC(=O)c1ccc(N2CCN(C(=O)c3ccc(OC(F)F)cc3)CC2)cc1. The summed E-state index contributed by atoms with van der Waals surface area (Å²) in [5, 5.41) is 0. The molecule has 1 fully saturated rings. The Hall–Kier alpha value is -2.96. The molecule has 1 aliphatic heterocycles. The fraction of sp³-hybridized carbons (Fsp3) is 0.300. The van der Waals surface area contributed by atoms with Crippen LogP contribution in [0.1, 0.15) is 27.6 Å². The molecular formula is C20H20F2N2O3. The minimum absolute atomic E-state index is 0.0281. The van der Waals surface area contributed by atoms with Gasteiger partial charge in [-0.25, -0.2) is 0 Å². The van der Waals surface area contributed by atoms with Crippen molar-refractivity contribution in [1.29, 1.82) is 0 Å².